The van der Waals surface area contributed by atoms with Gasteiger partial charge in [0.2, 0.25) is 5.91 Å². The second-order valence-corrected chi connectivity index (χ2v) is 2.56. The molecule has 7 heteroatoms. The first kappa shape index (κ1) is 12.8. The number of hydrogen-bond donors (Lipinski definition) is 1. The molecule has 0 aromatic heterocycles. The van der Waals surface area contributed by atoms with E-state index in [1.165, 1.54) is 0 Å². The van der Waals surface area contributed by atoms with Crippen LogP contribution in [0.2, 0.25) is 5.02 Å². The van der Waals surface area contributed by atoms with E-state index in [0.29, 0.717) is 10.6 Å². The number of nitrogens with two attached hydrogens (primary N) is 1. The Morgan fingerprint density at radius 2 is 1.57 bits per heavy atom. The van der Waals surface area contributed by atoms with Crippen LogP contribution in [0.3, 0.4) is 0 Å². The molecule has 0 atom stereocenters. The minimum absolute atomic E-state index is 0.434. The molecule has 0 radical (unpaired) electrons. The van der Waals surface area contributed by atoms with Gasteiger partial charge in [-0.1, -0.05) is 11.6 Å². The van der Waals surface area contributed by atoms with Crippen molar-refractivity contribution in [3.05, 3.63) is 34.9 Å². The van der Waals surface area contributed by atoms with Gasteiger partial charge in [-0.05, 0) is 24.3 Å². The van der Waals surface area contributed by atoms with Crippen molar-refractivity contribution in [2.45, 2.75) is 0 Å². The first-order valence-electron chi connectivity index (χ1n) is 3.41. The standard InChI is InChI=1S/C7H6ClNO.BF3/c8-6-3-1-5(2-4-6)7(9)10;2-1(3)4/h1-4H,(H2,9,10);. The van der Waals surface area contributed by atoms with Crippen molar-refractivity contribution in [1.82, 2.24) is 0 Å². The van der Waals surface area contributed by atoms with E-state index < -0.39 is 13.5 Å². The minimum Gasteiger partial charge on any atom is -0.366 e. The third kappa shape index (κ3) is 6.36. The fourth-order valence-corrected chi connectivity index (χ4v) is 0.740. The maximum absolute atomic E-state index is 10.5. The van der Waals surface area contributed by atoms with E-state index >= 15 is 0 Å². The molecule has 0 fully saturated rings. The Bertz CT molecular complexity index is 291. The zero-order valence-corrected chi connectivity index (χ0v) is 7.64. The molecule has 0 unspecified atom stereocenters. The van der Waals surface area contributed by atoms with Gasteiger partial charge in [-0.15, -0.1) is 0 Å². The normalized spacial score (nSPS) is 8.57. The number of carbonyl (C=O) groups is 1. The SMILES string of the molecule is FB(F)F.NC(=O)c1ccc(Cl)cc1. The summed E-state index contributed by atoms with van der Waals surface area (Å²) >= 11 is 5.56. The Morgan fingerprint density at radius 3 is 1.86 bits per heavy atom. The number of halogens is 4. The van der Waals surface area contributed by atoms with Crippen LogP contribution < -0.4 is 5.73 Å². The molecule has 0 heterocycles. The van der Waals surface area contributed by atoms with Gasteiger partial charge in [0.25, 0.3) is 0 Å². The van der Waals surface area contributed by atoms with Crippen LogP contribution in [0.5, 0.6) is 0 Å². The van der Waals surface area contributed by atoms with E-state index in [1.54, 1.807) is 24.3 Å². The van der Waals surface area contributed by atoms with Gasteiger partial charge in [-0.25, -0.2) is 0 Å². The van der Waals surface area contributed by atoms with Gasteiger partial charge >= 0.3 is 7.54 Å². The predicted molar refractivity (Wildman–Crippen MR) is 49.0 cm³/mol. The molecule has 2 nitrogen and oxygen atoms in total. The maximum Gasteiger partial charge on any atom is 0.762 e. The second-order valence-electron chi connectivity index (χ2n) is 2.12. The lowest BCUT2D eigenvalue weighted by atomic mass is 10.2. The van der Waals surface area contributed by atoms with E-state index in [-0.39, 0.29) is 0 Å². The largest absolute Gasteiger partial charge is 0.762 e. The summed E-state index contributed by atoms with van der Waals surface area (Å²) in [4.78, 5) is 10.5. The predicted octanol–water partition coefficient (Wildman–Crippen LogP) is 2.32. The molecule has 14 heavy (non-hydrogen) atoms. The van der Waals surface area contributed by atoms with Gasteiger partial charge < -0.3 is 5.73 Å². The molecular weight excluding hydrogens is 217 g/mol. The summed E-state index contributed by atoms with van der Waals surface area (Å²) < 4.78 is 29.0. The topological polar surface area (TPSA) is 43.1 Å². The van der Waals surface area contributed by atoms with E-state index in [0.717, 1.165) is 0 Å². The average Bonchev–Trinajstić information content (AvgIpc) is 2.03. The summed E-state index contributed by atoms with van der Waals surface area (Å²) in [5, 5.41) is 0.602. The van der Waals surface area contributed by atoms with Crippen LogP contribution in [0.1, 0.15) is 10.4 Å². The van der Waals surface area contributed by atoms with Gasteiger partial charge in [-0.2, -0.15) is 0 Å². The van der Waals surface area contributed by atoms with E-state index in [9.17, 15) is 17.7 Å². The molecule has 0 saturated carbocycles. The summed E-state index contributed by atoms with van der Waals surface area (Å²) in [5.74, 6) is -0.434. The molecule has 1 aromatic rings. The molecule has 0 bridgehead atoms. The van der Waals surface area contributed by atoms with Crippen LogP contribution in [0.4, 0.5) is 12.9 Å². The zero-order valence-electron chi connectivity index (χ0n) is 6.88. The first-order valence-corrected chi connectivity index (χ1v) is 3.79. The molecule has 1 aromatic carbocycles. The Morgan fingerprint density at radius 1 is 1.21 bits per heavy atom. The van der Waals surface area contributed by atoms with Crippen molar-refractivity contribution in [2.75, 3.05) is 0 Å². The monoisotopic (exact) mass is 223 g/mol. The Kier molecular flexibility index (Phi) is 5.79. The van der Waals surface area contributed by atoms with Crippen LogP contribution in [0, 0.1) is 0 Å². The summed E-state index contributed by atoms with van der Waals surface area (Å²) in [6.07, 6.45) is 0. The van der Waals surface area contributed by atoms with Crippen molar-refractivity contribution in [3.8, 4) is 0 Å². The maximum atomic E-state index is 10.5. The Labute approximate surface area is 84.1 Å². The van der Waals surface area contributed by atoms with Crippen molar-refractivity contribution < 1.29 is 17.7 Å². The molecule has 0 aliphatic carbocycles. The summed E-state index contributed by atoms with van der Waals surface area (Å²) in [6.45, 7) is 0. The molecule has 0 aliphatic heterocycles. The van der Waals surface area contributed by atoms with Crippen molar-refractivity contribution in [2.24, 2.45) is 5.73 Å². The second kappa shape index (κ2) is 6.31. The molecule has 0 spiro atoms. The van der Waals surface area contributed by atoms with Crippen molar-refractivity contribution >= 4 is 25.1 Å². The Hall–Kier alpha value is -1.17. The molecule has 0 saturated heterocycles. The lowest BCUT2D eigenvalue weighted by Gasteiger charge is -1.92. The highest BCUT2D eigenvalue weighted by Gasteiger charge is 2.06. The lowest BCUT2D eigenvalue weighted by Crippen LogP contribution is -2.10. The zero-order chi connectivity index (χ0) is 11.1. The Balaban J connectivity index is 0.000000364. The number of rotatable bonds is 1. The number of hydrogen-bond acceptors (Lipinski definition) is 1. The van der Waals surface area contributed by atoms with Gasteiger partial charge in [0.05, 0.1) is 0 Å². The molecular formula is C7H6BClF3NO. The highest BCUT2D eigenvalue weighted by molar-refractivity contribution is 6.33. The molecule has 76 valence electrons. The van der Waals surface area contributed by atoms with Gasteiger partial charge in [0, 0.05) is 10.6 Å². The molecule has 1 amide bonds. The van der Waals surface area contributed by atoms with E-state index in [4.69, 9.17) is 17.3 Å². The van der Waals surface area contributed by atoms with Crippen LogP contribution in [0.25, 0.3) is 0 Å². The smallest absolute Gasteiger partial charge is 0.366 e. The highest BCUT2D eigenvalue weighted by Crippen LogP contribution is 2.08. The summed E-state index contributed by atoms with van der Waals surface area (Å²) in [7, 11) is -3.67. The number of carbonyl (C=O) groups excluding carboxylic acids is 1. The summed E-state index contributed by atoms with van der Waals surface area (Å²) in [6, 6.07) is 6.43. The average molecular weight is 223 g/mol. The van der Waals surface area contributed by atoms with E-state index in [2.05, 4.69) is 0 Å². The van der Waals surface area contributed by atoms with Crippen LogP contribution in [-0.4, -0.2) is 13.5 Å². The van der Waals surface area contributed by atoms with Crippen molar-refractivity contribution in [3.63, 3.8) is 0 Å². The first-order chi connectivity index (χ1) is 6.43. The quantitative estimate of drug-likeness (QED) is 0.730. The fourth-order valence-electron chi connectivity index (χ4n) is 0.614. The number of benzene rings is 1. The van der Waals surface area contributed by atoms with E-state index in [1.807, 2.05) is 0 Å². The number of amides is 1. The molecule has 2 N–H and O–H groups in total. The van der Waals surface area contributed by atoms with Crippen LogP contribution in [0.15, 0.2) is 24.3 Å². The van der Waals surface area contributed by atoms with Crippen LogP contribution in [-0.2, 0) is 0 Å². The number of primary amides is 1. The fraction of sp³-hybridized carbons (Fsp3) is 0. The van der Waals surface area contributed by atoms with Crippen molar-refractivity contribution in [1.29, 1.82) is 0 Å². The highest BCUT2D eigenvalue weighted by atomic mass is 35.5. The third-order valence-corrected chi connectivity index (χ3v) is 1.38. The summed E-state index contributed by atoms with van der Waals surface area (Å²) in [5.41, 5.74) is 5.46. The van der Waals surface area contributed by atoms with Crippen LogP contribution >= 0.6 is 11.6 Å². The van der Waals surface area contributed by atoms with Gasteiger partial charge in [0.15, 0.2) is 0 Å². The molecule has 0 aliphatic rings. The van der Waals surface area contributed by atoms with Gasteiger partial charge in [0.1, 0.15) is 0 Å². The minimum atomic E-state index is -3.67. The third-order valence-electron chi connectivity index (χ3n) is 1.13. The molecule has 1 rings (SSSR count). The lowest BCUT2D eigenvalue weighted by molar-refractivity contribution is 0.100. The van der Waals surface area contributed by atoms with Gasteiger partial charge in [-0.3, -0.25) is 17.7 Å².